The van der Waals surface area contributed by atoms with Crippen LogP contribution in [0.4, 0.5) is 0 Å². The molecule has 2 atom stereocenters. The van der Waals surface area contributed by atoms with Gasteiger partial charge in [0, 0.05) is 12.5 Å². The summed E-state index contributed by atoms with van der Waals surface area (Å²) in [5.74, 6) is 0.487. The van der Waals surface area contributed by atoms with Crippen molar-refractivity contribution in [1.82, 2.24) is 0 Å². The van der Waals surface area contributed by atoms with E-state index in [1.54, 1.807) is 30.3 Å². The molecule has 0 aliphatic rings. The van der Waals surface area contributed by atoms with Gasteiger partial charge in [-0.25, -0.2) is 0 Å². The van der Waals surface area contributed by atoms with Gasteiger partial charge in [0.25, 0.3) is 18.4 Å². The number of hydrogen-bond acceptors (Lipinski definition) is 5. The zero-order valence-electron chi connectivity index (χ0n) is 27.1. The minimum Gasteiger partial charge on any atom is -0.407 e. The summed E-state index contributed by atoms with van der Waals surface area (Å²) in [4.78, 5) is 0.177. The topological polar surface area (TPSA) is 72.8 Å². The molecule has 0 fully saturated rings. The van der Waals surface area contributed by atoms with Crippen molar-refractivity contribution >= 4 is 28.8 Å². The lowest BCUT2D eigenvalue weighted by atomic mass is 9.91. The first-order valence-corrected chi connectivity index (χ1v) is 18.9. The third kappa shape index (κ3) is 9.59. The molecule has 0 amide bonds. The summed E-state index contributed by atoms with van der Waals surface area (Å²) in [5, 5.41) is 11.7. The van der Waals surface area contributed by atoms with Gasteiger partial charge in [-0.2, -0.15) is 8.42 Å². The van der Waals surface area contributed by atoms with Crippen molar-refractivity contribution < 1.29 is 22.1 Å². The number of allylic oxidation sites excluding steroid dienone is 2. The van der Waals surface area contributed by atoms with E-state index in [-0.39, 0.29) is 35.0 Å². The molecule has 0 aliphatic heterocycles. The SMILES string of the molecule is Cc1ccc(S(=O)(=O)OCC[C@H](C=C[C@@H](CC=CCO)CO[Si](c2ccccc2)(c2ccccc2)C(C)(C)C)C(C)C)cc1. The first-order chi connectivity index (χ1) is 20.9. The van der Waals surface area contributed by atoms with Crippen LogP contribution in [0.1, 0.15) is 53.0 Å². The normalized spacial score (nSPS) is 14.5. The Bertz CT molecular complexity index is 1390. The summed E-state index contributed by atoms with van der Waals surface area (Å²) in [5.41, 5.74) is 0.997. The minimum absolute atomic E-state index is 0.00653. The Balaban J connectivity index is 1.83. The molecular formula is C37H50O5SSi. The summed E-state index contributed by atoms with van der Waals surface area (Å²) < 4.78 is 38.1. The summed E-state index contributed by atoms with van der Waals surface area (Å²) in [6.07, 6.45) is 9.47. The van der Waals surface area contributed by atoms with Gasteiger partial charge >= 0.3 is 0 Å². The zero-order valence-corrected chi connectivity index (χ0v) is 29.0. The molecule has 238 valence electrons. The molecule has 0 saturated carbocycles. The molecule has 0 aromatic heterocycles. The Morgan fingerprint density at radius 3 is 1.91 bits per heavy atom. The van der Waals surface area contributed by atoms with E-state index < -0.39 is 18.4 Å². The van der Waals surface area contributed by atoms with Crippen LogP contribution in [0.15, 0.2) is 114 Å². The molecule has 7 heteroatoms. The van der Waals surface area contributed by atoms with Crippen molar-refractivity contribution in [1.29, 1.82) is 0 Å². The van der Waals surface area contributed by atoms with Gasteiger partial charge in [0.2, 0.25) is 0 Å². The Hall–Kier alpha value is -2.81. The zero-order chi connectivity index (χ0) is 32.2. The Morgan fingerprint density at radius 2 is 1.41 bits per heavy atom. The largest absolute Gasteiger partial charge is 0.407 e. The molecule has 0 spiro atoms. The van der Waals surface area contributed by atoms with Gasteiger partial charge in [-0.3, -0.25) is 4.18 Å². The number of benzene rings is 3. The lowest BCUT2D eigenvalue weighted by molar-refractivity contribution is 0.257. The van der Waals surface area contributed by atoms with Crippen LogP contribution in [0.2, 0.25) is 5.04 Å². The van der Waals surface area contributed by atoms with E-state index in [1.165, 1.54) is 10.4 Å². The van der Waals surface area contributed by atoms with E-state index >= 15 is 0 Å². The molecular weight excluding hydrogens is 585 g/mol. The lowest BCUT2D eigenvalue weighted by Gasteiger charge is -2.43. The van der Waals surface area contributed by atoms with E-state index in [4.69, 9.17) is 8.61 Å². The highest BCUT2D eigenvalue weighted by molar-refractivity contribution is 7.86. The molecule has 0 saturated heterocycles. The molecule has 5 nitrogen and oxygen atoms in total. The molecule has 3 rings (SSSR count). The van der Waals surface area contributed by atoms with E-state index in [2.05, 4.69) is 95.3 Å². The second kappa shape index (κ2) is 16.5. The first kappa shape index (κ1) is 35.7. The lowest BCUT2D eigenvalue weighted by Crippen LogP contribution is -2.66. The van der Waals surface area contributed by atoms with Gasteiger partial charge in [0.1, 0.15) is 0 Å². The van der Waals surface area contributed by atoms with Gasteiger partial charge in [0.05, 0.1) is 18.1 Å². The summed E-state index contributed by atoms with van der Waals surface area (Å²) in [6, 6.07) is 27.9. The number of aliphatic hydroxyl groups is 1. The Kier molecular flexibility index (Phi) is 13.4. The maximum Gasteiger partial charge on any atom is 0.296 e. The van der Waals surface area contributed by atoms with Crippen LogP contribution in [0.25, 0.3) is 0 Å². The van der Waals surface area contributed by atoms with Crippen LogP contribution in [-0.2, 0) is 18.7 Å². The average molecular weight is 635 g/mol. The van der Waals surface area contributed by atoms with E-state index in [0.29, 0.717) is 18.9 Å². The first-order valence-electron chi connectivity index (χ1n) is 15.6. The maximum atomic E-state index is 12.7. The Morgan fingerprint density at radius 1 is 0.841 bits per heavy atom. The fourth-order valence-corrected chi connectivity index (χ4v) is 11.1. The number of rotatable bonds is 16. The third-order valence-electron chi connectivity index (χ3n) is 8.13. The number of aryl methyl sites for hydroxylation is 1. The monoisotopic (exact) mass is 634 g/mol. The fourth-order valence-electron chi connectivity index (χ4n) is 5.56. The average Bonchev–Trinajstić information content (AvgIpc) is 2.99. The van der Waals surface area contributed by atoms with Crippen molar-refractivity contribution in [2.24, 2.45) is 17.8 Å². The second-order valence-electron chi connectivity index (χ2n) is 12.8. The van der Waals surface area contributed by atoms with Crippen molar-refractivity contribution in [2.45, 2.75) is 64.3 Å². The molecule has 3 aromatic rings. The number of aliphatic hydroxyl groups excluding tert-OH is 1. The van der Waals surface area contributed by atoms with Crippen molar-refractivity contribution in [3.8, 4) is 0 Å². The standard InChI is InChI=1S/C37H50O5SSi/c1-30(2)33(26-28-41-43(39,40)34-24-20-31(3)21-25-34)23-22-32(15-13-14-27-38)29-42-44(37(4,5)6,35-16-9-7-10-17-35)36-18-11-8-12-19-36/h7-14,16-25,30,32-33,38H,15,26-29H2,1-6H3/t32-,33+/m1/s1. The molecule has 0 unspecified atom stereocenters. The van der Waals surface area contributed by atoms with Crippen LogP contribution in [-0.4, -0.2) is 41.7 Å². The maximum absolute atomic E-state index is 12.7. The fraction of sp³-hybridized carbons (Fsp3) is 0.405. The molecule has 0 bridgehead atoms. The molecule has 44 heavy (non-hydrogen) atoms. The van der Waals surface area contributed by atoms with Gasteiger partial charge in [-0.1, -0.05) is 137 Å². The molecule has 0 heterocycles. The third-order valence-corrected chi connectivity index (χ3v) is 14.5. The smallest absolute Gasteiger partial charge is 0.296 e. The van der Waals surface area contributed by atoms with E-state index in [1.807, 2.05) is 25.1 Å². The molecule has 3 aromatic carbocycles. The van der Waals surface area contributed by atoms with E-state index in [0.717, 1.165) is 12.0 Å². The van der Waals surface area contributed by atoms with Gasteiger partial charge < -0.3 is 9.53 Å². The quantitative estimate of drug-likeness (QED) is 0.104. The van der Waals surface area contributed by atoms with Crippen LogP contribution in [0, 0.1) is 24.7 Å². The van der Waals surface area contributed by atoms with Crippen LogP contribution in [0.3, 0.4) is 0 Å². The van der Waals surface area contributed by atoms with Gasteiger partial charge in [-0.15, -0.1) is 0 Å². The van der Waals surface area contributed by atoms with Crippen molar-refractivity contribution in [3.63, 3.8) is 0 Å². The second-order valence-corrected chi connectivity index (χ2v) is 18.7. The molecule has 0 radical (unpaired) electrons. The van der Waals surface area contributed by atoms with Gasteiger partial charge in [-0.05, 0) is 59.1 Å². The highest BCUT2D eigenvalue weighted by Gasteiger charge is 2.50. The van der Waals surface area contributed by atoms with Gasteiger partial charge in [0.15, 0.2) is 0 Å². The van der Waals surface area contributed by atoms with E-state index in [9.17, 15) is 13.5 Å². The predicted molar refractivity (Wildman–Crippen MR) is 184 cm³/mol. The van der Waals surface area contributed by atoms with Crippen LogP contribution in [0.5, 0.6) is 0 Å². The van der Waals surface area contributed by atoms with Crippen molar-refractivity contribution in [2.75, 3.05) is 19.8 Å². The van der Waals surface area contributed by atoms with Crippen LogP contribution < -0.4 is 10.4 Å². The highest BCUT2D eigenvalue weighted by Crippen LogP contribution is 2.37. The highest BCUT2D eigenvalue weighted by atomic mass is 32.2. The summed E-state index contributed by atoms with van der Waals surface area (Å²) in [7, 11) is -6.52. The summed E-state index contributed by atoms with van der Waals surface area (Å²) >= 11 is 0. The predicted octanol–water partition coefficient (Wildman–Crippen LogP) is 7.05. The van der Waals surface area contributed by atoms with Crippen LogP contribution >= 0.6 is 0 Å². The van der Waals surface area contributed by atoms with Crippen molar-refractivity contribution in [3.05, 3.63) is 115 Å². The molecule has 0 aliphatic carbocycles. The molecule has 1 N–H and O–H groups in total. The minimum atomic E-state index is -3.81. The Labute approximate surface area is 266 Å². The summed E-state index contributed by atoms with van der Waals surface area (Å²) in [6.45, 7) is 13.6. The number of hydrogen-bond donors (Lipinski definition) is 1.